The molecule has 0 aromatic carbocycles. The number of thiophene rings is 1. The van der Waals surface area contributed by atoms with Gasteiger partial charge in [-0.2, -0.15) is 5.10 Å². The predicted octanol–water partition coefficient (Wildman–Crippen LogP) is 1.89. The van der Waals surface area contributed by atoms with Crippen molar-refractivity contribution in [3.63, 3.8) is 0 Å². The van der Waals surface area contributed by atoms with Crippen LogP contribution in [0.5, 0.6) is 0 Å². The van der Waals surface area contributed by atoms with Gasteiger partial charge in [-0.15, -0.1) is 11.3 Å². The van der Waals surface area contributed by atoms with Crippen LogP contribution >= 0.6 is 11.3 Å². The summed E-state index contributed by atoms with van der Waals surface area (Å²) in [6, 6.07) is 2.03. The summed E-state index contributed by atoms with van der Waals surface area (Å²) in [5, 5.41) is 15.6. The van der Waals surface area contributed by atoms with Crippen molar-refractivity contribution < 1.29 is 9.90 Å². The van der Waals surface area contributed by atoms with Gasteiger partial charge in [-0.25, -0.2) is 9.78 Å². The van der Waals surface area contributed by atoms with E-state index in [1.807, 2.05) is 25.4 Å². The van der Waals surface area contributed by atoms with Gasteiger partial charge in [0.2, 0.25) is 0 Å². The van der Waals surface area contributed by atoms with Gasteiger partial charge in [0.05, 0.1) is 12.1 Å². The van der Waals surface area contributed by atoms with E-state index in [4.69, 9.17) is 0 Å². The Hall–Kier alpha value is -2.52. The van der Waals surface area contributed by atoms with E-state index in [2.05, 4.69) is 20.0 Å². The van der Waals surface area contributed by atoms with Crippen LogP contribution in [0.1, 0.15) is 40.9 Å². The Morgan fingerprint density at radius 3 is 3.07 bits per heavy atom. The molecule has 27 heavy (non-hydrogen) atoms. The molecule has 0 fully saturated rings. The number of H-pyrrole nitrogens is 1. The largest absolute Gasteiger partial charge is 0.476 e. The summed E-state index contributed by atoms with van der Waals surface area (Å²) >= 11 is 1.39. The second-order valence-electron chi connectivity index (χ2n) is 6.85. The van der Waals surface area contributed by atoms with Gasteiger partial charge < -0.3 is 10.1 Å². The zero-order valence-electron chi connectivity index (χ0n) is 15.2. The van der Waals surface area contributed by atoms with Crippen molar-refractivity contribution in [1.82, 2.24) is 24.6 Å². The van der Waals surface area contributed by atoms with E-state index >= 15 is 0 Å². The second-order valence-corrected chi connectivity index (χ2v) is 7.77. The minimum Gasteiger partial charge on any atom is -0.476 e. The molecule has 3 heterocycles. The SMILES string of the molecule is CCn1nc(C(=O)O)c2c1CCC(N(C)Cc1nc3ccsc3c(=O)[nH]1)C2. The van der Waals surface area contributed by atoms with E-state index in [0.29, 0.717) is 30.0 Å². The summed E-state index contributed by atoms with van der Waals surface area (Å²) in [5.74, 6) is -0.349. The maximum absolute atomic E-state index is 12.2. The molecule has 1 aliphatic rings. The molecular weight excluding hydrogens is 366 g/mol. The van der Waals surface area contributed by atoms with Crippen molar-refractivity contribution in [2.45, 2.75) is 45.3 Å². The van der Waals surface area contributed by atoms with Gasteiger partial charge in [-0.3, -0.25) is 14.4 Å². The van der Waals surface area contributed by atoms with Crippen LogP contribution in [-0.2, 0) is 25.9 Å². The van der Waals surface area contributed by atoms with Crippen molar-refractivity contribution in [2.24, 2.45) is 0 Å². The molecule has 0 radical (unpaired) electrons. The molecule has 142 valence electrons. The van der Waals surface area contributed by atoms with Gasteiger partial charge in [0.15, 0.2) is 5.69 Å². The number of aromatic amines is 1. The third kappa shape index (κ3) is 3.17. The molecule has 0 aliphatic heterocycles. The Kier molecular flexibility index (Phi) is 4.56. The molecule has 9 heteroatoms. The molecule has 3 aromatic rings. The van der Waals surface area contributed by atoms with Crippen molar-refractivity contribution in [2.75, 3.05) is 7.05 Å². The topological polar surface area (TPSA) is 104 Å². The van der Waals surface area contributed by atoms with Crippen molar-refractivity contribution in [3.05, 3.63) is 44.6 Å². The third-order valence-electron chi connectivity index (χ3n) is 5.21. The van der Waals surface area contributed by atoms with E-state index in [-0.39, 0.29) is 17.3 Å². The smallest absolute Gasteiger partial charge is 0.356 e. The highest BCUT2D eigenvalue weighted by Crippen LogP contribution is 2.27. The fraction of sp³-hybridized carbons (Fsp3) is 0.444. The zero-order valence-corrected chi connectivity index (χ0v) is 16.0. The van der Waals surface area contributed by atoms with Gasteiger partial charge in [-0.05, 0) is 44.7 Å². The number of aromatic nitrogens is 4. The molecule has 3 aromatic heterocycles. The highest BCUT2D eigenvalue weighted by molar-refractivity contribution is 7.17. The number of carboxylic acid groups (broad SMARTS) is 1. The summed E-state index contributed by atoms with van der Waals surface area (Å²) in [7, 11) is 1.98. The van der Waals surface area contributed by atoms with Crippen LogP contribution in [0.25, 0.3) is 10.2 Å². The molecule has 1 atom stereocenters. The molecule has 0 amide bonds. The highest BCUT2D eigenvalue weighted by atomic mass is 32.1. The number of carboxylic acids is 1. The lowest BCUT2D eigenvalue weighted by Crippen LogP contribution is -2.37. The number of likely N-dealkylation sites (N-methyl/N-ethyl adjacent to an activating group) is 1. The second kappa shape index (κ2) is 6.90. The molecular formula is C18H21N5O3S. The molecule has 1 aliphatic carbocycles. The highest BCUT2D eigenvalue weighted by Gasteiger charge is 2.30. The van der Waals surface area contributed by atoms with Crippen molar-refractivity contribution in [1.29, 1.82) is 0 Å². The van der Waals surface area contributed by atoms with Crippen LogP contribution in [0.2, 0.25) is 0 Å². The van der Waals surface area contributed by atoms with Crippen LogP contribution in [0.4, 0.5) is 0 Å². The van der Waals surface area contributed by atoms with Gasteiger partial charge in [0.1, 0.15) is 10.5 Å². The molecule has 0 spiro atoms. The molecule has 0 saturated heterocycles. The van der Waals surface area contributed by atoms with E-state index in [9.17, 15) is 14.7 Å². The lowest BCUT2D eigenvalue weighted by molar-refractivity contribution is 0.0687. The fourth-order valence-corrected chi connectivity index (χ4v) is 4.57. The Morgan fingerprint density at radius 1 is 1.52 bits per heavy atom. The predicted molar refractivity (Wildman–Crippen MR) is 102 cm³/mol. The number of fused-ring (bicyclic) bond motifs is 2. The summed E-state index contributed by atoms with van der Waals surface area (Å²) in [6.45, 7) is 3.15. The number of nitrogens with one attached hydrogen (secondary N) is 1. The van der Waals surface area contributed by atoms with Crippen LogP contribution in [0, 0.1) is 0 Å². The number of nitrogens with zero attached hydrogens (tertiary/aromatic N) is 4. The zero-order chi connectivity index (χ0) is 19.1. The first-order valence-electron chi connectivity index (χ1n) is 8.96. The third-order valence-corrected chi connectivity index (χ3v) is 6.11. The first kappa shape index (κ1) is 17.9. The minimum atomic E-state index is -0.976. The van der Waals surface area contributed by atoms with Crippen molar-refractivity contribution in [3.8, 4) is 0 Å². The normalized spacial score (nSPS) is 16.8. The molecule has 2 N–H and O–H groups in total. The molecule has 1 unspecified atom stereocenters. The lowest BCUT2D eigenvalue weighted by atomic mass is 9.90. The quantitative estimate of drug-likeness (QED) is 0.693. The Balaban J connectivity index is 1.57. The van der Waals surface area contributed by atoms with Gasteiger partial charge in [0.25, 0.3) is 5.56 Å². The first-order chi connectivity index (χ1) is 13.0. The standard InChI is InChI=1S/C18H21N5O3S/c1-3-23-13-5-4-10(8-11(13)15(21-23)18(25)26)22(2)9-14-19-12-6-7-27-16(12)17(24)20-14/h6-7,10H,3-5,8-9H2,1-2H3,(H,25,26)(H,19,20,24). The average Bonchev–Trinajstić information content (AvgIpc) is 3.25. The lowest BCUT2D eigenvalue weighted by Gasteiger charge is -2.31. The van der Waals surface area contributed by atoms with Gasteiger partial charge >= 0.3 is 5.97 Å². The fourth-order valence-electron chi connectivity index (χ4n) is 3.84. The number of carbonyl (C=O) groups is 1. The number of aromatic carboxylic acids is 1. The summed E-state index contributed by atoms with van der Waals surface area (Å²) in [5.41, 5.74) is 2.64. The van der Waals surface area contributed by atoms with E-state index in [1.165, 1.54) is 11.3 Å². The molecule has 0 bridgehead atoms. The van der Waals surface area contributed by atoms with Gasteiger partial charge in [0, 0.05) is 23.8 Å². The monoisotopic (exact) mass is 387 g/mol. The Bertz CT molecular complexity index is 1070. The summed E-state index contributed by atoms with van der Waals surface area (Å²) < 4.78 is 2.44. The number of hydrogen-bond acceptors (Lipinski definition) is 6. The summed E-state index contributed by atoms with van der Waals surface area (Å²) in [6.07, 6.45) is 2.35. The van der Waals surface area contributed by atoms with Crippen LogP contribution in [-0.4, -0.2) is 48.8 Å². The first-order valence-corrected chi connectivity index (χ1v) is 9.84. The van der Waals surface area contributed by atoms with E-state index in [0.717, 1.165) is 29.6 Å². The van der Waals surface area contributed by atoms with E-state index < -0.39 is 5.97 Å². The van der Waals surface area contributed by atoms with Gasteiger partial charge in [-0.1, -0.05) is 0 Å². The van der Waals surface area contributed by atoms with Crippen LogP contribution in [0.15, 0.2) is 16.2 Å². The molecule has 4 rings (SSSR count). The van der Waals surface area contributed by atoms with Crippen molar-refractivity contribution >= 4 is 27.5 Å². The Labute approximate surface area is 159 Å². The summed E-state index contributed by atoms with van der Waals surface area (Å²) in [4.78, 5) is 33.3. The molecule has 0 saturated carbocycles. The average molecular weight is 387 g/mol. The van der Waals surface area contributed by atoms with Crippen LogP contribution in [0.3, 0.4) is 0 Å². The van der Waals surface area contributed by atoms with Crippen LogP contribution < -0.4 is 5.56 Å². The minimum absolute atomic E-state index is 0.110. The maximum atomic E-state index is 12.2. The number of rotatable bonds is 5. The molecule has 8 nitrogen and oxygen atoms in total. The number of hydrogen-bond donors (Lipinski definition) is 2. The number of aryl methyl sites for hydroxylation is 1. The van der Waals surface area contributed by atoms with E-state index in [1.54, 1.807) is 4.68 Å². The Morgan fingerprint density at radius 2 is 2.33 bits per heavy atom. The maximum Gasteiger partial charge on any atom is 0.356 e.